The van der Waals surface area contributed by atoms with E-state index in [2.05, 4.69) is 73.0 Å². The molecule has 2 fully saturated rings. The summed E-state index contributed by atoms with van der Waals surface area (Å²) < 4.78 is 17.8. The van der Waals surface area contributed by atoms with Crippen LogP contribution in [0.4, 0.5) is 9.59 Å². The van der Waals surface area contributed by atoms with E-state index in [-0.39, 0.29) is 29.6 Å². The van der Waals surface area contributed by atoms with Crippen molar-refractivity contribution < 1.29 is 23.8 Å². The van der Waals surface area contributed by atoms with E-state index in [1.807, 2.05) is 12.1 Å². The average molecular weight is 602 g/mol. The fraction of sp³-hybridized carbons (Fsp3) is 0.771. The molecule has 6 nitrogen and oxygen atoms in total. The lowest BCUT2D eigenvalue weighted by molar-refractivity contribution is -0.0137. The molecule has 3 aliphatic rings. The molecule has 1 N–H and O–H groups in total. The van der Waals surface area contributed by atoms with Gasteiger partial charge in [-0.2, -0.15) is 11.8 Å². The van der Waals surface area contributed by atoms with Crippen LogP contribution in [0.2, 0.25) is 0 Å². The number of thioether (sulfide) groups is 1. The lowest BCUT2D eigenvalue weighted by atomic mass is 9.69. The van der Waals surface area contributed by atoms with Gasteiger partial charge in [-0.1, -0.05) is 74.3 Å². The quantitative estimate of drug-likeness (QED) is 0.249. The highest BCUT2D eigenvalue weighted by atomic mass is 32.2. The third-order valence-corrected chi connectivity index (χ3v) is 11.6. The zero-order valence-corrected chi connectivity index (χ0v) is 28.2. The third-order valence-electron chi connectivity index (χ3n) is 10.6. The predicted molar refractivity (Wildman–Crippen MR) is 171 cm³/mol. The van der Waals surface area contributed by atoms with Crippen molar-refractivity contribution in [2.75, 3.05) is 6.26 Å². The van der Waals surface area contributed by atoms with E-state index in [0.717, 1.165) is 37.7 Å². The van der Waals surface area contributed by atoms with Gasteiger partial charge in [0.05, 0.1) is 6.04 Å². The minimum absolute atomic E-state index is 0.0473. The summed E-state index contributed by atoms with van der Waals surface area (Å²) in [6.07, 6.45) is 8.18. The molecule has 0 heterocycles. The topological polar surface area (TPSA) is 73.9 Å². The Morgan fingerprint density at radius 3 is 2.02 bits per heavy atom. The van der Waals surface area contributed by atoms with Crippen LogP contribution in [0.5, 0.6) is 5.75 Å². The fourth-order valence-corrected chi connectivity index (χ4v) is 8.93. The molecule has 1 aromatic rings. The Morgan fingerprint density at radius 2 is 1.48 bits per heavy atom. The van der Waals surface area contributed by atoms with Crippen LogP contribution in [0, 0.1) is 35.5 Å². The van der Waals surface area contributed by atoms with Crippen molar-refractivity contribution in [1.82, 2.24) is 5.32 Å². The third kappa shape index (κ3) is 7.60. The Morgan fingerprint density at radius 1 is 0.905 bits per heavy atom. The van der Waals surface area contributed by atoms with Crippen LogP contribution in [0.25, 0.3) is 0 Å². The summed E-state index contributed by atoms with van der Waals surface area (Å²) in [6.45, 7) is 17.7. The standard InChI is InChI=1S/C35H55NO5S/c1-20(2)26-14-10-22(5)16-29(26)40-33(37)36-32-31(42-9)18-24-12-13-25(19-28(24)35(32,7)8)39-34(38)41-30-17-23(6)11-15-27(30)21(3)4/h12-13,19-23,26-27,29-32H,10-11,14-18H2,1-9H3,(H,36,37)/t22-,23-,26?,27+,29-,30?,31?,32?/m1/s1. The van der Waals surface area contributed by atoms with Crippen LogP contribution in [-0.4, -0.2) is 42.0 Å². The number of amides is 1. The molecular weight excluding hydrogens is 546 g/mol. The second-order valence-electron chi connectivity index (χ2n) is 14.7. The van der Waals surface area contributed by atoms with Crippen molar-refractivity contribution in [3.05, 3.63) is 29.3 Å². The summed E-state index contributed by atoms with van der Waals surface area (Å²) in [5.41, 5.74) is 1.90. The molecule has 0 bridgehead atoms. The van der Waals surface area contributed by atoms with Crippen molar-refractivity contribution >= 4 is 24.0 Å². The zero-order chi connectivity index (χ0) is 30.8. The van der Waals surface area contributed by atoms with E-state index in [1.165, 1.54) is 18.4 Å². The van der Waals surface area contributed by atoms with Crippen LogP contribution in [-0.2, 0) is 21.3 Å². The molecule has 0 saturated heterocycles. The van der Waals surface area contributed by atoms with Gasteiger partial charge < -0.3 is 19.5 Å². The van der Waals surface area contributed by atoms with Crippen LogP contribution >= 0.6 is 11.8 Å². The number of benzene rings is 1. The number of ether oxygens (including phenoxy) is 3. The Labute approximate surface area is 258 Å². The van der Waals surface area contributed by atoms with Gasteiger partial charge in [0, 0.05) is 10.7 Å². The second kappa shape index (κ2) is 13.8. The van der Waals surface area contributed by atoms with Crippen molar-refractivity contribution in [3.8, 4) is 5.75 Å². The first kappa shape index (κ1) is 33.0. The van der Waals surface area contributed by atoms with Crippen LogP contribution in [0.1, 0.15) is 105 Å². The average Bonchev–Trinajstić information content (AvgIpc) is 2.90. The summed E-state index contributed by atoms with van der Waals surface area (Å²) in [6, 6.07) is 5.76. The summed E-state index contributed by atoms with van der Waals surface area (Å²) in [5.74, 6) is 3.29. The summed E-state index contributed by atoms with van der Waals surface area (Å²) in [5, 5.41) is 3.49. The van der Waals surface area contributed by atoms with E-state index in [9.17, 15) is 9.59 Å². The number of nitrogens with one attached hydrogen (secondary N) is 1. The Hall–Kier alpha value is -1.89. The second-order valence-corrected chi connectivity index (χ2v) is 15.8. The normalized spacial score (nSPS) is 32.6. The highest BCUT2D eigenvalue weighted by molar-refractivity contribution is 7.99. The lowest BCUT2D eigenvalue weighted by Crippen LogP contribution is -2.57. The van der Waals surface area contributed by atoms with Crippen LogP contribution in [0.3, 0.4) is 0 Å². The number of hydrogen-bond donors (Lipinski definition) is 1. The SMILES string of the molecule is CSC1Cc2ccc(OC(=O)OC3C[C@H](C)CC[C@H]3C(C)C)cc2C(C)(C)C1NC(=O)O[C@@H]1C[C@H](C)CCC1C(C)C. The molecule has 0 aliphatic heterocycles. The summed E-state index contributed by atoms with van der Waals surface area (Å²) in [4.78, 5) is 26.3. The molecule has 4 unspecified atom stereocenters. The zero-order valence-electron chi connectivity index (χ0n) is 27.4. The highest BCUT2D eigenvalue weighted by Gasteiger charge is 2.44. The van der Waals surface area contributed by atoms with Gasteiger partial charge >= 0.3 is 12.2 Å². The maximum absolute atomic E-state index is 13.4. The number of hydrogen-bond acceptors (Lipinski definition) is 6. The van der Waals surface area contributed by atoms with Gasteiger partial charge in [-0.25, -0.2) is 9.59 Å². The van der Waals surface area contributed by atoms with Crippen molar-refractivity contribution in [2.45, 2.75) is 129 Å². The lowest BCUT2D eigenvalue weighted by Gasteiger charge is -2.45. The first-order valence-electron chi connectivity index (χ1n) is 16.3. The van der Waals surface area contributed by atoms with Crippen molar-refractivity contribution in [1.29, 1.82) is 0 Å². The first-order valence-corrected chi connectivity index (χ1v) is 17.6. The maximum atomic E-state index is 13.4. The van der Waals surface area contributed by atoms with Gasteiger partial charge in [-0.3, -0.25) is 0 Å². The monoisotopic (exact) mass is 601 g/mol. The van der Waals surface area contributed by atoms with Gasteiger partial charge in [0.1, 0.15) is 18.0 Å². The first-order chi connectivity index (χ1) is 19.8. The minimum Gasteiger partial charge on any atom is -0.446 e. The minimum atomic E-state index is -0.630. The molecule has 3 aliphatic carbocycles. The Kier molecular flexibility index (Phi) is 10.9. The Bertz CT molecular complexity index is 1090. The van der Waals surface area contributed by atoms with Crippen LogP contribution < -0.4 is 10.1 Å². The molecule has 0 spiro atoms. The molecule has 8 atom stereocenters. The molecule has 2 saturated carbocycles. The molecule has 42 heavy (non-hydrogen) atoms. The molecule has 1 aromatic carbocycles. The molecule has 1 amide bonds. The number of fused-ring (bicyclic) bond motifs is 1. The molecule has 4 rings (SSSR count). The summed E-state index contributed by atoms with van der Waals surface area (Å²) in [7, 11) is 0. The Balaban J connectivity index is 1.47. The van der Waals surface area contributed by atoms with Gasteiger partial charge in [0.2, 0.25) is 0 Å². The fourth-order valence-electron chi connectivity index (χ4n) is 7.90. The molecule has 236 valence electrons. The number of alkyl carbamates (subject to hydrolysis) is 1. The van der Waals surface area contributed by atoms with Gasteiger partial charge in [0.25, 0.3) is 0 Å². The predicted octanol–water partition coefficient (Wildman–Crippen LogP) is 8.78. The number of carbonyl (C=O) groups is 2. The van der Waals surface area contributed by atoms with E-state index >= 15 is 0 Å². The number of carbonyl (C=O) groups excluding carboxylic acids is 2. The van der Waals surface area contributed by atoms with Gasteiger partial charge in [-0.15, -0.1) is 0 Å². The molecule has 7 heteroatoms. The van der Waals surface area contributed by atoms with Crippen LogP contribution in [0.15, 0.2) is 18.2 Å². The molecule has 0 radical (unpaired) electrons. The van der Waals surface area contributed by atoms with E-state index < -0.39 is 11.6 Å². The highest BCUT2D eigenvalue weighted by Crippen LogP contribution is 2.43. The van der Waals surface area contributed by atoms with Gasteiger partial charge in [-0.05, 0) is 97.1 Å². The smallest absolute Gasteiger partial charge is 0.446 e. The number of rotatable bonds is 7. The van der Waals surface area contributed by atoms with E-state index in [0.29, 0.717) is 41.3 Å². The summed E-state index contributed by atoms with van der Waals surface area (Å²) >= 11 is 1.77. The molecule has 0 aromatic heterocycles. The molecular formula is C35H55NO5S. The maximum Gasteiger partial charge on any atom is 0.514 e. The van der Waals surface area contributed by atoms with Crippen molar-refractivity contribution in [3.63, 3.8) is 0 Å². The van der Waals surface area contributed by atoms with E-state index in [1.54, 1.807) is 11.8 Å². The van der Waals surface area contributed by atoms with Crippen molar-refractivity contribution in [2.24, 2.45) is 35.5 Å². The van der Waals surface area contributed by atoms with Gasteiger partial charge in [0.15, 0.2) is 0 Å². The van der Waals surface area contributed by atoms with E-state index in [4.69, 9.17) is 14.2 Å². The largest absolute Gasteiger partial charge is 0.514 e.